The summed E-state index contributed by atoms with van der Waals surface area (Å²) in [6.07, 6.45) is 12.0. The predicted molar refractivity (Wildman–Crippen MR) is 98.4 cm³/mol. The Morgan fingerprint density at radius 2 is 2.04 bits per heavy atom. The molecule has 0 aromatic carbocycles. The fraction of sp³-hybridized carbons (Fsp3) is 0.727. The Morgan fingerprint density at radius 3 is 2.79 bits per heavy atom. The third-order valence-corrected chi connectivity index (χ3v) is 7.10. The van der Waals surface area contributed by atoms with Gasteiger partial charge in [-0.2, -0.15) is 0 Å². The molecule has 3 aliphatic rings. The molecular weight excluding hydrogens is 299 g/mol. The molecule has 24 heavy (non-hydrogen) atoms. The smallest absolute Gasteiger partial charge is 0.103 e. The third-order valence-electron chi connectivity index (χ3n) is 7.10. The molecule has 0 bridgehead atoms. The van der Waals surface area contributed by atoms with Gasteiger partial charge in [-0.1, -0.05) is 32.1 Å². The van der Waals surface area contributed by atoms with E-state index < -0.39 is 6.17 Å². The Labute approximate surface area is 147 Å². The molecular formula is C22H33FO. The van der Waals surface area contributed by atoms with E-state index >= 15 is 0 Å². The standard InChI is InChI=1S/C22H33FO/c1-15-6-5-7-21(23)16(2)8-11-20-19(15)10-9-17-14-18(24-4)12-13-22(17,20)3/h10,12,16-17,20-21H,1,5-9,11,13-14H2,2-4H3/t16-,17?,20?,21?,22?/m0/s1. The molecule has 1 saturated carbocycles. The van der Waals surface area contributed by atoms with Crippen molar-refractivity contribution in [1.29, 1.82) is 0 Å². The lowest BCUT2D eigenvalue weighted by Crippen LogP contribution is -2.41. The van der Waals surface area contributed by atoms with Gasteiger partial charge in [0.05, 0.1) is 12.9 Å². The van der Waals surface area contributed by atoms with Crippen LogP contribution in [0.1, 0.15) is 65.2 Å². The molecule has 0 amide bonds. The predicted octanol–water partition coefficient (Wildman–Crippen LogP) is 6.37. The van der Waals surface area contributed by atoms with Gasteiger partial charge < -0.3 is 4.74 Å². The summed E-state index contributed by atoms with van der Waals surface area (Å²) in [5, 5.41) is 0. The van der Waals surface area contributed by atoms with E-state index in [2.05, 4.69) is 32.6 Å². The summed E-state index contributed by atoms with van der Waals surface area (Å²) in [5.74, 6) is 2.48. The molecule has 0 aromatic heterocycles. The molecule has 0 spiro atoms. The monoisotopic (exact) mass is 332 g/mol. The molecule has 1 nitrogen and oxygen atoms in total. The third kappa shape index (κ3) is 3.21. The van der Waals surface area contributed by atoms with Crippen molar-refractivity contribution in [3.05, 3.63) is 35.6 Å². The lowest BCUT2D eigenvalue weighted by molar-refractivity contribution is 0.0631. The second kappa shape index (κ2) is 7.06. The van der Waals surface area contributed by atoms with Crippen molar-refractivity contribution in [1.82, 2.24) is 0 Å². The van der Waals surface area contributed by atoms with Crippen molar-refractivity contribution in [2.24, 2.45) is 23.2 Å². The topological polar surface area (TPSA) is 9.23 Å². The Balaban J connectivity index is 1.90. The number of alkyl halides is 1. The summed E-state index contributed by atoms with van der Waals surface area (Å²) in [5.41, 5.74) is 3.02. The lowest BCUT2D eigenvalue weighted by atomic mass is 9.54. The van der Waals surface area contributed by atoms with Gasteiger partial charge in [0.15, 0.2) is 0 Å². The molecule has 0 N–H and O–H groups in total. The molecule has 0 aliphatic heterocycles. The van der Waals surface area contributed by atoms with Gasteiger partial charge in [-0.3, -0.25) is 0 Å². The van der Waals surface area contributed by atoms with E-state index in [0.717, 1.165) is 50.7 Å². The van der Waals surface area contributed by atoms with Crippen LogP contribution in [-0.2, 0) is 4.74 Å². The molecule has 0 aromatic rings. The molecule has 1 fully saturated rings. The van der Waals surface area contributed by atoms with E-state index in [1.165, 1.54) is 11.1 Å². The van der Waals surface area contributed by atoms with E-state index in [9.17, 15) is 4.39 Å². The van der Waals surface area contributed by atoms with Crippen LogP contribution in [0.5, 0.6) is 0 Å². The molecule has 4 unspecified atom stereocenters. The van der Waals surface area contributed by atoms with E-state index in [1.807, 2.05) is 0 Å². The minimum atomic E-state index is -0.651. The maximum Gasteiger partial charge on any atom is 0.103 e. The lowest BCUT2D eigenvalue weighted by Gasteiger charge is -2.50. The maximum atomic E-state index is 14.3. The highest BCUT2D eigenvalue weighted by atomic mass is 19.1. The quantitative estimate of drug-likeness (QED) is 0.542. The van der Waals surface area contributed by atoms with E-state index in [1.54, 1.807) is 7.11 Å². The van der Waals surface area contributed by atoms with Crippen LogP contribution in [-0.4, -0.2) is 13.3 Å². The first kappa shape index (κ1) is 17.8. The summed E-state index contributed by atoms with van der Waals surface area (Å²) < 4.78 is 19.9. The van der Waals surface area contributed by atoms with Crippen LogP contribution in [0.25, 0.3) is 0 Å². The van der Waals surface area contributed by atoms with Gasteiger partial charge >= 0.3 is 0 Å². The van der Waals surface area contributed by atoms with Crippen molar-refractivity contribution >= 4 is 0 Å². The first-order valence-electron chi connectivity index (χ1n) is 9.71. The Hall–Kier alpha value is -1.05. The number of rotatable bonds is 1. The molecule has 0 saturated heterocycles. The van der Waals surface area contributed by atoms with Gasteiger partial charge in [0, 0.05) is 6.42 Å². The molecule has 0 radical (unpaired) electrons. The van der Waals surface area contributed by atoms with Gasteiger partial charge in [0.1, 0.15) is 6.17 Å². The van der Waals surface area contributed by atoms with Crippen LogP contribution in [0, 0.1) is 23.2 Å². The molecule has 134 valence electrons. The highest BCUT2D eigenvalue weighted by molar-refractivity contribution is 5.36. The van der Waals surface area contributed by atoms with Crippen LogP contribution in [0.2, 0.25) is 0 Å². The van der Waals surface area contributed by atoms with Crippen molar-refractivity contribution in [3.8, 4) is 0 Å². The zero-order valence-electron chi connectivity index (χ0n) is 15.6. The van der Waals surface area contributed by atoms with Crippen molar-refractivity contribution in [2.75, 3.05) is 7.11 Å². The fourth-order valence-electron chi connectivity index (χ4n) is 5.20. The number of hydrogen-bond donors (Lipinski definition) is 0. The van der Waals surface area contributed by atoms with Gasteiger partial charge in [0.25, 0.3) is 0 Å². The Morgan fingerprint density at radius 1 is 1.25 bits per heavy atom. The average Bonchev–Trinajstić information content (AvgIpc) is 2.57. The SMILES string of the molecule is C=C1CCCC(F)[C@@H](C)CCC2C1=CCC1CC(OC)=CCC12C. The number of methoxy groups -OCH3 is 1. The zero-order chi connectivity index (χ0) is 17.3. The minimum Gasteiger partial charge on any atom is -0.501 e. The van der Waals surface area contributed by atoms with Gasteiger partial charge in [0.2, 0.25) is 0 Å². The second-order valence-electron chi connectivity index (χ2n) is 8.50. The first-order valence-corrected chi connectivity index (χ1v) is 9.71. The van der Waals surface area contributed by atoms with Crippen molar-refractivity contribution in [2.45, 2.75) is 71.4 Å². The largest absolute Gasteiger partial charge is 0.501 e. The maximum absolute atomic E-state index is 14.3. The number of allylic oxidation sites excluding steroid dienone is 5. The second-order valence-corrected chi connectivity index (χ2v) is 8.50. The van der Waals surface area contributed by atoms with E-state index in [4.69, 9.17) is 4.74 Å². The zero-order valence-corrected chi connectivity index (χ0v) is 15.6. The van der Waals surface area contributed by atoms with Crippen LogP contribution in [0.3, 0.4) is 0 Å². The summed E-state index contributed by atoms with van der Waals surface area (Å²) in [6.45, 7) is 8.93. The summed E-state index contributed by atoms with van der Waals surface area (Å²) in [4.78, 5) is 0. The minimum absolute atomic E-state index is 0.176. The Kier molecular flexibility index (Phi) is 5.22. The average molecular weight is 333 g/mol. The highest BCUT2D eigenvalue weighted by Gasteiger charge is 2.46. The molecule has 3 rings (SSSR count). The molecule has 2 heteroatoms. The number of ether oxygens (including phenoxy) is 1. The number of fused-ring (bicyclic) bond motifs is 3. The van der Waals surface area contributed by atoms with E-state index in [0.29, 0.717) is 18.3 Å². The van der Waals surface area contributed by atoms with Crippen LogP contribution < -0.4 is 0 Å². The number of halogens is 1. The van der Waals surface area contributed by atoms with Gasteiger partial charge in [-0.25, -0.2) is 4.39 Å². The van der Waals surface area contributed by atoms with Gasteiger partial charge in [-0.05, 0) is 79.8 Å². The molecule has 0 heterocycles. The van der Waals surface area contributed by atoms with Gasteiger partial charge in [-0.15, -0.1) is 0 Å². The first-order chi connectivity index (χ1) is 11.5. The molecule has 3 aliphatic carbocycles. The van der Waals surface area contributed by atoms with Crippen molar-refractivity contribution < 1.29 is 9.13 Å². The van der Waals surface area contributed by atoms with Crippen LogP contribution in [0.15, 0.2) is 35.6 Å². The Bertz CT molecular complexity index is 546. The summed E-state index contributed by atoms with van der Waals surface area (Å²) in [7, 11) is 1.78. The fourth-order valence-corrected chi connectivity index (χ4v) is 5.20. The van der Waals surface area contributed by atoms with Crippen LogP contribution in [0.4, 0.5) is 4.39 Å². The summed E-state index contributed by atoms with van der Waals surface area (Å²) in [6, 6.07) is 0. The van der Waals surface area contributed by atoms with E-state index in [-0.39, 0.29) is 11.3 Å². The molecule has 5 atom stereocenters. The summed E-state index contributed by atoms with van der Waals surface area (Å²) >= 11 is 0. The van der Waals surface area contributed by atoms with Crippen molar-refractivity contribution in [3.63, 3.8) is 0 Å². The highest BCUT2D eigenvalue weighted by Crippen LogP contribution is 2.56. The normalized spacial score (nSPS) is 40.8. The number of hydrogen-bond acceptors (Lipinski definition) is 1. The van der Waals surface area contributed by atoms with Crippen LogP contribution >= 0.6 is 0 Å².